The molecule has 32 heavy (non-hydrogen) atoms. The normalized spacial score (nSPS) is 20.8. The highest BCUT2D eigenvalue weighted by molar-refractivity contribution is 8.00. The zero-order valence-corrected chi connectivity index (χ0v) is 17.6. The monoisotopic (exact) mass is 458 g/mol. The minimum atomic E-state index is -1.25. The van der Waals surface area contributed by atoms with Crippen LogP contribution in [-0.2, 0) is 37.4 Å². The first-order valence-corrected chi connectivity index (χ1v) is 10.5. The zero-order chi connectivity index (χ0) is 22.8. The molecule has 13 heteroatoms. The number of hydrogen-bond acceptors (Lipinski definition) is 9. The van der Waals surface area contributed by atoms with E-state index in [-0.39, 0.29) is 18.6 Å². The van der Waals surface area contributed by atoms with Gasteiger partial charge in [-0.2, -0.15) is 0 Å². The summed E-state index contributed by atoms with van der Waals surface area (Å²) in [6.45, 7) is 0.167. The molecule has 1 aromatic carbocycles. The molecule has 0 saturated carbocycles. The van der Waals surface area contributed by atoms with E-state index in [1.165, 1.54) is 21.3 Å². The van der Waals surface area contributed by atoms with E-state index in [1.807, 2.05) is 0 Å². The molecule has 1 aromatic heterocycles. The number of carboxylic acids is 1. The van der Waals surface area contributed by atoms with Crippen LogP contribution >= 0.6 is 11.8 Å². The van der Waals surface area contributed by atoms with Crippen molar-refractivity contribution in [2.24, 2.45) is 7.05 Å². The van der Waals surface area contributed by atoms with Crippen LogP contribution in [0.2, 0.25) is 0 Å². The second kappa shape index (κ2) is 8.78. The molecule has 0 aliphatic carbocycles. The quantitative estimate of drug-likeness (QED) is 0.387. The lowest BCUT2D eigenvalue weighted by molar-refractivity contribution is -0.154. The summed E-state index contributed by atoms with van der Waals surface area (Å²) in [5, 5.41) is 22.9. The zero-order valence-electron chi connectivity index (χ0n) is 16.7. The Morgan fingerprint density at radius 3 is 2.75 bits per heavy atom. The summed E-state index contributed by atoms with van der Waals surface area (Å²) in [6, 6.07) is 7.43. The van der Waals surface area contributed by atoms with Crippen molar-refractivity contribution in [3.05, 3.63) is 53.0 Å². The van der Waals surface area contributed by atoms with E-state index in [4.69, 9.17) is 4.74 Å². The Hall–Kier alpha value is -3.74. The number of nitrogens with zero attached hydrogens (tertiary/aromatic N) is 5. The number of aryl methyl sites for hydroxylation is 1. The van der Waals surface area contributed by atoms with E-state index in [1.54, 1.807) is 37.4 Å². The lowest BCUT2D eigenvalue weighted by atomic mass is 10.0. The van der Waals surface area contributed by atoms with Crippen LogP contribution in [0.25, 0.3) is 0 Å². The first-order chi connectivity index (χ1) is 15.4. The van der Waals surface area contributed by atoms with E-state index in [0.29, 0.717) is 22.7 Å². The summed E-state index contributed by atoms with van der Waals surface area (Å²) in [4.78, 5) is 49.6. The molecular weight excluding hydrogens is 440 g/mol. The molecule has 2 aromatic rings. The van der Waals surface area contributed by atoms with Crippen molar-refractivity contribution in [2.45, 2.75) is 23.9 Å². The Morgan fingerprint density at radius 1 is 1.38 bits per heavy atom. The van der Waals surface area contributed by atoms with Gasteiger partial charge in [0.1, 0.15) is 17.1 Å². The average molecular weight is 458 g/mol. The van der Waals surface area contributed by atoms with E-state index in [9.17, 15) is 24.3 Å². The number of rotatable bonds is 8. The molecule has 3 heterocycles. The Kier molecular flexibility index (Phi) is 5.90. The number of β-lactam (4-membered cyclic amide) rings is 1. The molecule has 1 fully saturated rings. The van der Waals surface area contributed by atoms with Gasteiger partial charge in [0.05, 0.1) is 0 Å². The number of benzene rings is 1. The molecule has 0 spiro atoms. The number of nitrogens with one attached hydrogen (secondary N) is 1. The predicted octanol–water partition coefficient (Wildman–Crippen LogP) is -0.594. The highest BCUT2D eigenvalue weighted by Gasteiger charge is 2.54. The number of hydrogen-bond donors (Lipinski definition) is 2. The molecule has 166 valence electrons. The molecule has 2 aliphatic rings. The Morgan fingerprint density at radius 2 is 2.12 bits per heavy atom. The van der Waals surface area contributed by atoms with Crippen molar-refractivity contribution in [1.82, 2.24) is 30.4 Å². The van der Waals surface area contributed by atoms with E-state index in [0.717, 1.165) is 0 Å². The van der Waals surface area contributed by atoms with E-state index < -0.39 is 35.3 Å². The van der Waals surface area contributed by atoms with Crippen LogP contribution in [0.3, 0.4) is 0 Å². The third kappa shape index (κ3) is 3.82. The standard InChI is InChI=1S/C19H18N6O6S/c1-24-12(21-22-23-24)7-11-8-32-18-13(17(28)25(18)14(11)19(29)30)20-16(27)15(31-9-26)10-5-3-2-4-6-10/h2-6,9,13,15,18H,7-8H2,1H3,(H,20,27)(H,29,30)/t13?,15-,18-/m1/s1. The molecule has 12 nitrogen and oxygen atoms in total. The molecule has 3 atom stereocenters. The van der Waals surface area contributed by atoms with Gasteiger partial charge in [0, 0.05) is 24.8 Å². The summed E-state index contributed by atoms with van der Waals surface area (Å²) >= 11 is 1.33. The molecule has 0 bridgehead atoms. The van der Waals surface area contributed by atoms with Crippen LogP contribution in [0.1, 0.15) is 17.5 Å². The van der Waals surface area contributed by atoms with Gasteiger partial charge in [-0.25, -0.2) is 9.48 Å². The topological polar surface area (TPSA) is 157 Å². The molecule has 2 aliphatic heterocycles. The maximum atomic E-state index is 12.8. The fourth-order valence-corrected chi connectivity index (χ4v) is 4.96. The molecule has 0 radical (unpaired) electrons. The van der Waals surface area contributed by atoms with Crippen LogP contribution < -0.4 is 5.32 Å². The van der Waals surface area contributed by atoms with Crippen molar-refractivity contribution in [1.29, 1.82) is 0 Å². The maximum absolute atomic E-state index is 12.8. The number of carboxylic acid groups (broad SMARTS) is 1. The number of carbonyl (C=O) groups is 4. The SMILES string of the molecule is Cn1nnnc1CC1=C(C(=O)O)N2C(=O)C(NC(=O)[C@H](OC=O)c3ccccc3)[C@H]2SC1. The van der Waals surface area contributed by atoms with Crippen LogP contribution in [0.4, 0.5) is 0 Å². The van der Waals surface area contributed by atoms with E-state index in [2.05, 4.69) is 20.8 Å². The van der Waals surface area contributed by atoms with Gasteiger partial charge in [0.2, 0.25) is 6.10 Å². The fourth-order valence-electron chi connectivity index (χ4n) is 3.61. The highest BCUT2D eigenvalue weighted by atomic mass is 32.2. The first kappa shape index (κ1) is 21.5. The largest absolute Gasteiger partial charge is 0.477 e. The van der Waals surface area contributed by atoms with Gasteiger partial charge in [0.15, 0.2) is 5.82 Å². The minimum Gasteiger partial charge on any atom is -0.477 e. The third-order valence-electron chi connectivity index (χ3n) is 5.16. The Balaban J connectivity index is 1.52. The van der Waals surface area contributed by atoms with Crippen molar-refractivity contribution >= 4 is 36.0 Å². The maximum Gasteiger partial charge on any atom is 0.352 e. The Bertz CT molecular complexity index is 1100. The average Bonchev–Trinajstić information content (AvgIpc) is 3.19. The van der Waals surface area contributed by atoms with E-state index >= 15 is 0 Å². The number of carbonyl (C=O) groups excluding carboxylic acids is 3. The lowest BCUT2D eigenvalue weighted by Crippen LogP contribution is -2.71. The number of amides is 2. The van der Waals surface area contributed by atoms with Crippen molar-refractivity contribution < 1.29 is 29.0 Å². The number of thioether (sulfide) groups is 1. The molecule has 2 amide bonds. The number of ether oxygens (including phenoxy) is 1. The lowest BCUT2D eigenvalue weighted by Gasteiger charge is -2.49. The molecule has 1 saturated heterocycles. The molecule has 4 rings (SSSR count). The Labute approximate surface area is 185 Å². The first-order valence-electron chi connectivity index (χ1n) is 9.48. The van der Waals surface area contributed by atoms with Crippen LogP contribution in [0, 0.1) is 0 Å². The van der Waals surface area contributed by atoms with Gasteiger partial charge >= 0.3 is 5.97 Å². The number of fused-ring (bicyclic) bond motifs is 1. The smallest absolute Gasteiger partial charge is 0.352 e. The van der Waals surface area contributed by atoms with Gasteiger partial charge in [-0.05, 0) is 16.0 Å². The van der Waals surface area contributed by atoms with Crippen LogP contribution in [0.15, 0.2) is 41.6 Å². The summed E-state index contributed by atoms with van der Waals surface area (Å²) in [5.41, 5.74) is 0.819. The number of aliphatic carboxylic acids is 1. The third-order valence-corrected chi connectivity index (χ3v) is 6.50. The fraction of sp³-hybridized carbons (Fsp3) is 0.316. The summed E-state index contributed by atoms with van der Waals surface area (Å²) < 4.78 is 6.36. The highest BCUT2D eigenvalue weighted by Crippen LogP contribution is 2.41. The van der Waals surface area contributed by atoms with Crippen molar-refractivity contribution in [3.8, 4) is 0 Å². The molecule has 2 N–H and O–H groups in total. The summed E-state index contributed by atoms with van der Waals surface area (Å²) in [5.74, 6) is -1.68. The minimum absolute atomic E-state index is 0.129. The van der Waals surface area contributed by atoms with Gasteiger partial charge in [-0.1, -0.05) is 30.3 Å². The second-order valence-electron chi connectivity index (χ2n) is 7.07. The second-order valence-corrected chi connectivity index (χ2v) is 8.18. The van der Waals surface area contributed by atoms with Crippen molar-refractivity contribution in [2.75, 3.05) is 5.75 Å². The van der Waals surface area contributed by atoms with Gasteiger partial charge in [-0.15, -0.1) is 16.9 Å². The summed E-state index contributed by atoms with van der Waals surface area (Å²) in [7, 11) is 1.64. The summed E-state index contributed by atoms with van der Waals surface area (Å²) in [6.07, 6.45) is -1.05. The van der Waals surface area contributed by atoms with Gasteiger partial charge in [0.25, 0.3) is 18.3 Å². The van der Waals surface area contributed by atoms with Gasteiger partial charge in [-0.3, -0.25) is 19.3 Å². The van der Waals surface area contributed by atoms with Crippen LogP contribution in [-0.4, -0.2) is 71.6 Å². The molecule has 1 unspecified atom stereocenters. The van der Waals surface area contributed by atoms with Crippen LogP contribution in [0.5, 0.6) is 0 Å². The predicted molar refractivity (Wildman–Crippen MR) is 109 cm³/mol. The van der Waals surface area contributed by atoms with Crippen molar-refractivity contribution in [3.63, 3.8) is 0 Å². The number of aromatic nitrogens is 4. The van der Waals surface area contributed by atoms with Gasteiger partial charge < -0.3 is 15.2 Å². The number of tetrazole rings is 1. The molecular formula is C19H18N6O6S.